The quantitative estimate of drug-likeness (QED) is 0.919. The lowest BCUT2D eigenvalue weighted by Crippen LogP contribution is -2.08. The van der Waals surface area contributed by atoms with E-state index in [4.69, 9.17) is 16.3 Å². The van der Waals surface area contributed by atoms with Crippen LogP contribution in [0.4, 0.5) is 5.82 Å². The predicted molar refractivity (Wildman–Crippen MR) is 72.1 cm³/mol. The number of nitrogens with one attached hydrogen (secondary N) is 1. The zero-order valence-corrected chi connectivity index (χ0v) is 11.0. The Hall–Kier alpha value is -1.81. The van der Waals surface area contributed by atoms with Crippen LogP contribution in [0.3, 0.4) is 0 Å². The summed E-state index contributed by atoms with van der Waals surface area (Å²) in [5, 5.41) is 3.61. The van der Waals surface area contributed by atoms with Crippen LogP contribution in [0.5, 0.6) is 5.75 Å². The van der Waals surface area contributed by atoms with Crippen LogP contribution >= 0.6 is 11.6 Å². The van der Waals surface area contributed by atoms with Crippen molar-refractivity contribution >= 4 is 17.4 Å². The van der Waals surface area contributed by atoms with Gasteiger partial charge in [0.1, 0.15) is 16.7 Å². The normalized spacial score (nSPS) is 11.9. The van der Waals surface area contributed by atoms with E-state index >= 15 is 0 Å². The van der Waals surface area contributed by atoms with Gasteiger partial charge in [0.2, 0.25) is 0 Å². The third kappa shape index (κ3) is 3.11. The highest BCUT2D eigenvalue weighted by Crippen LogP contribution is 2.20. The Balaban J connectivity index is 2.09. The van der Waals surface area contributed by atoms with Crippen LogP contribution in [0, 0.1) is 0 Å². The van der Waals surface area contributed by atoms with Crippen molar-refractivity contribution in [1.29, 1.82) is 0 Å². The van der Waals surface area contributed by atoms with E-state index in [9.17, 15) is 0 Å². The maximum Gasteiger partial charge on any atom is 0.149 e. The minimum Gasteiger partial charge on any atom is -0.497 e. The van der Waals surface area contributed by atoms with Crippen molar-refractivity contribution in [3.63, 3.8) is 0 Å². The third-order valence-electron chi connectivity index (χ3n) is 2.59. The zero-order valence-electron chi connectivity index (χ0n) is 10.2. The van der Waals surface area contributed by atoms with E-state index in [2.05, 4.69) is 15.3 Å². The first-order valence-corrected chi connectivity index (χ1v) is 5.95. The summed E-state index contributed by atoms with van der Waals surface area (Å²) >= 11 is 5.78. The molecule has 2 rings (SSSR count). The number of hydrogen-bond acceptors (Lipinski definition) is 4. The molecule has 0 fully saturated rings. The van der Waals surface area contributed by atoms with E-state index in [1.165, 1.54) is 6.20 Å². The minimum absolute atomic E-state index is 0.115. The van der Waals surface area contributed by atoms with Crippen LogP contribution in [-0.4, -0.2) is 17.1 Å². The molecule has 1 unspecified atom stereocenters. The minimum atomic E-state index is 0.115. The molecular formula is C13H14ClN3O. The van der Waals surface area contributed by atoms with Gasteiger partial charge in [-0.15, -0.1) is 0 Å². The Kier molecular flexibility index (Phi) is 3.99. The molecule has 0 radical (unpaired) electrons. The zero-order chi connectivity index (χ0) is 13.0. The molecule has 0 saturated heterocycles. The van der Waals surface area contributed by atoms with Crippen LogP contribution in [0.25, 0.3) is 0 Å². The summed E-state index contributed by atoms with van der Waals surface area (Å²) < 4.78 is 5.12. The van der Waals surface area contributed by atoms with Crippen LogP contribution in [0.2, 0.25) is 5.15 Å². The molecule has 18 heavy (non-hydrogen) atoms. The Labute approximate surface area is 111 Å². The van der Waals surface area contributed by atoms with Gasteiger partial charge in [-0.05, 0) is 24.6 Å². The number of rotatable bonds is 4. The lowest BCUT2D eigenvalue weighted by atomic mass is 10.1. The first-order chi connectivity index (χ1) is 8.69. The van der Waals surface area contributed by atoms with Crippen molar-refractivity contribution in [3.8, 4) is 5.75 Å². The van der Waals surface area contributed by atoms with Gasteiger partial charge >= 0.3 is 0 Å². The van der Waals surface area contributed by atoms with E-state index < -0.39 is 0 Å². The SMILES string of the molecule is COc1ccc(C(C)Nc2cncc(Cl)n2)cc1. The van der Waals surface area contributed by atoms with E-state index in [0.717, 1.165) is 11.3 Å². The molecule has 0 saturated carbocycles. The number of hydrogen-bond donors (Lipinski definition) is 1. The van der Waals surface area contributed by atoms with Crippen molar-refractivity contribution in [2.75, 3.05) is 12.4 Å². The van der Waals surface area contributed by atoms with Crippen molar-refractivity contribution in [2.45, 2.75) is 13.0 Å². The molecule has 0 aliphatic carbocycles. The maximum absolute atomic E-state index is 5.78. The van der Waals surface area contributed by atoms with E-state index in [1.807, 2.05) is 31.2 Å². The molecule has 0 spiro atoms. The first-order valence-electron chi connectivity index (χ1n) is 5.57. The number of nitrogens with zero attached hydrogens (tertiary/aromatic N) is 2. The number of benzene rings is 1. The summed E-state index contributed by atoms with van der Waals surface area (Å²) in [6.45, 7) is 2.05. The van der Waals surface area contributed by atoms with E-state index in [-0.39, 0.29) is 6.04 Å². The topological polar surface area (TPSA) is 47.0 Å². The molecule has 1 aromatic heterocycles. The monoisotopic (exact) mass is 263 g/mol. The lowest BCUT2D eigenvalue weighted by molar-refractivity contribution is 0.414. The van der Waals surface area contributed by atoms with Crippen LogP contribution < -0.4 is 10.1 Å². The molecular weight excluding hydrogens is 250 g/mol. The van der Waals surface area contributed by atoms with Gasteiger partial charge in [-0.1, -0.05) is 23.7 Å². The average Bonchev–Trinajstić information content (AvgIpc) is 2.39. The van der Waals surface area contributed by atoms with Gasteiger partial charge in [-0.25, -0.2) is 4.98 Å². The molecule has 1 atom stereocenters. The third-order valence-corrected chi connectivity index (χ3v) is 2.77. The summed E-state index contributed by atoms with van der Waals surface area (Å²) in [5.41, 5.74) is 1.14. The van der Waals surface area contributed by atoms with Crippen molar-refractivity contribution < 1.29 is 4.74 Å². The van der Waals surface area contributed by atoms with Crippen LogP contribution in [-0.2, 0) is 0 Å². The van der Waals surface area contributed by atoms with Gasteiger partial charge < -0.3 is 10.1 Å². The second kappa shape index (κ2) is 5.69. The van der Waals surface area contributed by atoms with Gasteiger partial charge in [0, 0.05) is 6.04 Å². The smallest absolute Gasteiger partial charge is 0.149 e. The fourth-order valence-corrected chi connectivity index (χ4v) is 1.76. The first kappa shape index (κ1) is 12.6. The highest BCUT2D eigenvalue weighted by molar-refractivity contribution is 6.29. The Bertz CT molecular complexity index is 516. The van der Waals surface area contributed by atoms with Gasteiger partial charge in [0.05, 0.1) is 19.5 Å². The van der Waals surface area contributed by atoms with Crippen LogP contribution in [0.15, 0.2) is 36.7 Å². The maximum atomic E-state index is 5.78. The number of aromatic nitrogens is 2. The molecule has 0 bridgehead atoms. The summed E-state index contributed by atoms with van der Waals surface area (Å²) in [5.74, 6) is 1.50. The number of ether oxygens (including phenoxy) is 1. The van der Waals surface area contributed by atoms with Gasteiger partial charge in [-0.3, -0.25) is 4.98 Å². The van der Waals surface area contributed by atoms with E-state index in [1.54, 1.807) is 13.3 Å². The molecule has 4 nitrogen and oxygen atoms in total. The highest BCUT2D eigenvalue weighted by Gasteiger charge is 2.06. The van der Waals surface area contributed by atoms with Gasteiger partial charge in [-0.2, -0.15) is 0 Å². The predicted octanol–water partition coefficient (Wildman–Crippen LogP) is 3.31. The largest absolute Gasteiger partial charge is 0.497 e. The molecule has 94 valence electrons. The molecule has 1 aromatic carbocycles. The molecule has 0 aliphatic heterocycles. The Morgan fingerprint density at radius 2 is 1.94 bits per heavy atom. The number of halogens is 1. The molecule has 0 amide bonds. The number of methoxy groups -OCH3 is 1. The molecule has 1 N–H and O–H groups in total. The molecule has 2 aromatic rings. The van der Waals surface area contributed by atoms with Crippen molar-refractivity contribution in [3.05, 3.63) is 47.4 Å². The summed E-state index contributed by atoms with van der Waals surface area (Å²) in [6, 6.07) is 7.99. The molecule has 1 heterocycles. The number of anilines is 1. The second-order valence-electron chi connectivity index (χ2n) is 3.87. The fourth-order valence-electron chi connectivity index (χ4n) is 1.61. The van der Waals surface area contributed by atoms with Crippen molar-refractivity contribution in [2.24, 2.45) is 0 Å². The summed E-state index contributed by atoms with van der Waals surface area (Å²) in [6.07, 6.45) is 3.15. The van der Waals surface area contributed by atoms with Gasteiger partial charge in [0.15, 0.2) is 0 Å². The lowest BCUT2D eigenvalue weighted by Gasteiger charge is -2.15. The highest BCUT2D eigenvalue weighted by atomic mass is 35.5. The summed E-state index contributed by atoms with van der Waals surface area (Å²) in [7, 11) is 1.65. The average molecular weight is 264 g/mol. The Morgan fingerprint density at radius 1 is 1.22 bits per heavy atom. The second-order valence-corrected chi connectivity index (χ2v) is 4.25. The van der Waals surface area contributed by atoms with Crippen LogP contribution in [0.1, 0.15) is 18.5 Å². The molecule has 5 heteroatoms. The molecule has 0 aliphatic rings. The van der Waals surface area contributed by atoms with E-state index in [0.29, 0.717) is 11.0 Å². The summed E-state index contributed by atoms with van der Waals surface area (Å²) in [4.78, 5) is 8.12. The fraction of sp³-hybridized carbons (Fsp3) is 0.231. The van der Waals surface area contributed by atoms with Gasteiger partial charge in [0.25, 0.3) is 0 Å². The van der Waals surface area contributed by atoms with Crippen molar-refractivity contribution in [1.82, 2.24) is 9.97 Å². The Morgan fingerprint density at radius 3 is 2.56 bits per heavy atom. The standard InChI is InChI=1S/C13H14ClN3O/c1-9(10-3-5-11(18-2)6-4-10)16-13-8-15-7-12(14)17-13/h3-9H,1-2H3,(H,16,17).